The lowest BCUT2D eigenvalue weighted by Crippen LogP contribution is -2.42. The minimum atomic E-state index is -1.28. The number of ether oxygens (including phenoxy) is 2. The number of imidazole rings is 1. The Kier molecular flexibility index (Phi) is 13.9. The van der Waals surface area contributed by atoms with Gasteiger partial charge in [-0.15, -0.1) is 0 Å². The maximum Gasteiger partial charge on any atom is 0.407 e. The number of carbonyl (C=O) groups is 3. The monoisotopic (exact) mass is 679 g/mol. The fraction of sp³-hybridized carbons (Fsp3) is 0.528. The summed E-state index contributed by atoms with van der Waals surface area (Å²) in [5.41, 5.74) is 3.01. The lowest BCUT2D eigenvalue weighted by Gasteiger charge is -2.18. The van der Waals surface area contributed by atoms with Gasteiger partial charge in [0, 0.05) is 47.0 Å². The van der Waals surface area contributed by atoms with E-state index in [1.54, 1.807) is 43.1 Å². The van der Waals surface area contributed by atoms with Crippen LogP contribution in [-0.2, 0) is 38.8 Å². The highest BCUT2D eigenvalue weighted by atomic mass is 28.3. The number of methoxy groups -OCH3 is 1. The van der Waals surface area contributed by atoms with Crippen LogP contribution in [-0.4, -0.2) is 78.7 Å². The van der Waals surface area contributed by atoms with E-state index in [1.165, 1.54) is 18.1 Å². The average molecular weight is 680 g/mol. The molecule has 0 fully saturated rings. The van der Waals surface area contributed by atoms with Gasteiger partial charge in [-0.05, 0) is 54.5 Å². The highest BCUT2D eigenvalue weighted by Gasteiger charge is 2.23. The van der Waals surface area contributed by atoms with Crippen molar-refractivity contribution in [3.63, 3.8) is 0 Å². The highest BCUT2D eigenvalue weighted by Crippen LogP contribution is 2.31. The molecule has 12 heteroatoms. The van der Waals surface area contributed by atoms with Crippen LogP contribution in [0.3, 0.4) is 0 Å². The number of nitrogens with zero attached hydrogens (tertiary/aromatic N) is 4. The first-order chi connectivity index (χ1) is 22.6. The number of ketones is 1. The summed E-state index contributed by atoms with van der Waals surface area (Å²) in [5, 5.41) is 2.58. The van der Waals surface area contributed by atoms with Gasteiger partial charge >= 0.3 is 6.09 Å². The third kappa shape index (κ3) is 10.7. The van der Waals surface area contributed by atoms with Gasteiger partial charge in [-0.3, -0.25) is 14.4 Å². The molecule has 0 saturated carbocycles. The van der Waals surface area contributed by atoms with Crippen LogP contribution in [0, 0.1) is 5.92 Å². The van der Waals surface area contributed by atoms with Crippen LogP contribution in [0.15, 0.2) is 53.5 Å². The Balaban J connectivity index is 1.90. The zero-order valence-electron chi connectivity index (χ0n) is 30.0. The quantitative estimate of drug-likeness (QED) is 0.112. The summed E-state index contributed by atoms with van der Waals surface area (Å²) >= 11 is 0. The number of alkyl carbamates (subject to hydrolysis) is 1. The zero-order chi connectivity index (χ0) is 35.6. The molecule has 2 amide bonds. The molecule has 0 aliphatic rings. The minimum absolute atomic E-state index is 0.180. The lowest BCUT2D eigenvalue weighted by molar-refractivity contribution is -0.123. The van der Waals surface area contributed by atoms with Crippen molar-refractivity contribution in [2.45, 2.75) is 91.0 Å². The maximum atomic E-state index is 13.8. The molecule has 2 heterocycles. The second-order valence-electron chi connectivity index (χ2n) is 14.1. The Morgan fingerprint density at radius 1 is 1.08 bits per heavy atom. The fourth-order valence-corrected chi connectivity index (χ4v) is 5.92. The number of pyridine rings is 1. The molecule has 0 bridgehead atoms. The van der Waals surface area contributed by atoms with Gasteiger partial charge in [-0.2, -0.15) is 0 Å². The Labute approximate surface area is 285 Å². The second-order valence-corrected chi connectivity index (χ2v) is 19.7. The molecule has 0 radical (unpaired) electrons. The lowest BCUT2D eigenvalue weighted by atomic mass is 9.89. The number of hydrogen-bond acceptors (Lipinski definition) is 7. The molecule has 2 atom stereocenters. The Bertz CT molecular complexity index is 1650. The van der Waals surface area contributed by atoms with Crippen molar-refractivity contribution < 1.29 is 23.9 Å². The van der Waals surface area contributed by atoms with E-state index in [4.69, 9.17) is 14.5 Å². The number of amides is 2. The van der Waals surface area contributed by atoms with E-state index < -0.39 is 20.2 Å². The molecule has 0 saturated heterocycles. The molecule has 11 nitrogen and oxygen atoms in total. The number of likely N-dealkylation sites (N-methyl/N-ethyl adjacent to an activating group) is 1. The van der Waals surface area contributed by atoms with E-state index >= 15 is 0 Å². The van der Waals surface area contributed by atoms with Crippen molar-refractivity contribution >= 4 is 36.9 Å². The molecule has 1 N–H and O–H groups in total. The van der Waals surface area contributed by atoms with Gasteiger partial charge in [0.25, 0.3) is 5.56 Å². The van der Waals surface area contributed by atoms with Gasteiger partial charge < -0.3 is 28.8 Å². The highest BCUT2D eigenvalue weighted by molar-refractivity contribution is 6.76. The topological polar surface area (TPSA) is 125 Å². The number of allylic oxidation sites excluding steroid dienone is 1. The molecule has 2 aromatic heterocycles. The van der Waals surface area contributed by atoms with Crippen molar-refractivity contribution in [1.29, 1.82) is 0 Å². The summed E-state index contributed by atoms with van der Waals surface area (Å²) < 4.78 is 14.5. The van der Waals surface area contributed by atoms with Crippen molar-refractivity contribution in [3.05, 3.63) is 76.0 Å². The molecule has 0 aliphatic heterocycles. The minimum Gasteiger partial charge on any atom is -0.453 e. The van der Waals surface area contributed by atoms with Gasteiger partial charge in [-0.1, -0.05) is 64.7 Å². The van der Waals surface area contributed by atoms with Crippen LogP contribution >= 0.6 is 0 Å². The van der Waals surface area contributed by atoms with Gasteiger partial charge in [0.05, 0.1) is 30.7 Å². The number of carbonyl (C=O) groups excluding carboxylic acids is 3. The second kappa shape index (κ2) is 17.4. The maximum absolute atomic E-state index is 13.8. The van der Waals surface area contributed by atoms with E-state index in [0.717, 1.165) is 22.6 Å². The number of hydrogen-bond donors (Lipinski definition) is 1. The number of Topliss-reactive ketones (excluding diaryl/α,β-unsaturated/α-hetero) is 1. The van der Waals surface area contributed by atoms with Gasteiger partial charge in [0.15, 0.2) is 5.78 Å². The first kappa shape index (κ1) is 38.4. The van der Waals surface area contributed by atoms with Crippen LogP contribution in [0.25, 0.3) is 11.0 Å². The van der Waals surface area contributed by atoms with Gasteiger partial charge in [0.2, 0.25) is 5.91 Å². The number of para-hydroxylation sites is 1. The van der Waals surface area contributed by atoms with Gasteiger partial charge in [-0.25, -0.2) is 9.78 Å². The number of nitrogens with one attached hydrogen (secondary N) is 1. The summed E-state index contributed by atoms with van der Waals surface area (Å²) in [6.45, 7) is 14.7. The summed E-state index contributed by atoms with van der Waals surface area (Å²) in [6.07, 6.45) is 4.46. The first-order valence-electron chi connectivity index (χ1n) is 16.6. The van der Waals surface area contributed by atoms with E-state index in [2.05, 4.69) is 51.8 Å². The average Bonchev–Trinajstić information content (AvgIpc) is 3.38. The van der Waals surface area contributed by atoms with E-state index in [9.17, 15) is 19.2 Å². The standard InChI is InChI=1S/C36H53N5O6Si/c1-25(2)26(3)28-15-12-17-30-34(28)38-32(41(30)24-47-20-21-48(7,8)9)23-40-19-13-14-27(35(40)44)22-31(42)29(37-36(45)46-6)16-10-11-18-33(43)39(4)5/h11-15,17-19,25-26,29H,10,16,20-24H2,1-9H3,(H,37,45)/b18-11+/t26?,29-/m0/s1. The van der Waals surface area contributed by atoms with Crippen molar-refractivity contribution in [2.75, 3.05) is 27.8 Å². The Hall–Kier alpha value is -4.03. The smallest absolute Gasteiger partial charge is 0.407 e. The molecule has 0 aliphatic carbocycles. The predicted molar refractivity (Wildman–Crippen MR) is 192 cm³/mol. The van der Waals surface area contributed by atoms with Crippen molar-refractivity contribution in [1.82, 2.24) is 24.3 Å². The normalized spacial score (nSPS) is 13.2. The summed E-state index contributed by atoms with van der Waals surface area (Å²) in [5.74, 6) is 0.878. The molecule has 1 unspecified atom stereocenters. The number of rotatable bonds is 17. The third-order valence-electron chi connectivity index (χ3n) is 8.56. The Morgan fingerprint density at radius 3 is 2.46 bits per heavy atom. The molecular formula is C36H53N5O6Si. The van der Waals surface area contributed by atoms with E-state index in [1.807, 2.05) is 16.7 Å². The molecule has 0 spiro atoms. The molecule has 262 valence electrons. The van der Waals surface area contributed by atoms with E-state index in [0.29, 0.717) is 37.1 Å². The largest absolute Gasteiger partial charge is 0.453 e. The van der Waals surface area contributed by atoms with Crippen molar-refractivity contribution in [3.8, 4) is 0 Å². The Morgan fingerprint density at radius 2 is 1.81 bits per heavy atom. The summed E-state index contributed by atoms with van der Waals surface area (Å²) in [4.78, 5) is 57.6. The van der Waals surface area contributed by atoms with Crippen LogP contribution in [0.5, 0.6) is 0 Å². The number of benzene rings is 1. The van der Waals surface area contributed by atoms with Crippen LogP contribution in [0.2, 0.25) is 25.7 Å². The van der Waals surface area contributed by atoms with Crippen LogP contribution < -0.4 is 10.9 Å². The van der Waals surface area contributed by atoms with Gasteiger partial charge in [0.1, 0.15) is 12.6 Å². The predicted octanol–water partition coefficient (Wildman–Crippen LogP) is 5.58. The van der Waals surface area contributed by atoms with Crippen molar-refractivity contribution in [2.24, 2.45) is 5.92 Å². The summed E-state index contributed by atoms with van der Waals surface area (Å²) in [7, 11) is 3.23. The van der Waals surface area contributed by atoms with Crippen LogP contribution in [0.4, 0.5) is 4.79 Å². The van der Waals surface area contributed by atoms with E-state index in [-0.39, 0.29) is 42.6 Å². The molecular weight excluding hydrogens is 627 g/mol. The zero-order valence-corrected chi connectivity index (χ0v) is 31.0. The third-order valence-corrected chi connectivity index (χ3v) is 10.3. The summed E-state index contributed by atoms with van der Waals surface area (Å²) in [6, 6.07) is 9.72. The van der Waals surface area contributed by atoms with Crippen LogP contribution in [0.1, 0.15) is 56.5 Å². The first-order valence-corrected chi connectivity index (χ1v) is 20.3. The molecule has 1 aromatic carbocycles. The molecule has 48 heavy (non-hydrogen) atoms. The molecule has 3 aromatic rings. The number of aromatic nitrogens is 3. The molecule has 3 rings (SSSR count). The fourth-order valence-electron chi connectivity index (χ4n) is 5.16. The number of fused-ring (bicyclic) bond motifs is 1. The SMILES string of the molecule is COC(=O)N[C@@H](CC/C=C/C(=O)N(C)C)C(=O)Cc1cccn(Cc2nc3c(C(C)C(C)C)cccc3n2COCC[Si](C)(C)C)c1=O.